The first-order chi connectivity index (χ1) is 9.58. The number of carbonyl (C=O) groups excluding carboxylic acids is 1. The fraction of sp³-hybridized carbons (Fsp3) is 0. The molecule has 0 bridgehead atoms. The van der Waals surface area contributed by atoms with Crippen molar-refractivity contribution in [1.82, 2.24) is 10.4 Å². The van der Waals surface area contributed by atoms with Crippen molar-refractivity contribution in [2.75, 3.05) is 0 Å². The quantitative estimate of drug-likeness (QED) is 0.529. The Morgan fingerprint density at radius 3 is 2.75 bits per heavy atom. The van der Waals surface area contributed by atoms with Gasteiger partial charge in [0.1, 0.15) is 5.15 Å². The molecule has 0 atom stereocenters. The summed E-state index contributed by atoms with van der Waals surface area (Å²) in [6.45, 7) is 0. The molecular weight excluding hydrogens is 321 g/mol. The fourth-order valence-corrected chi connectivity index (χ4v) is 2.04. The van der Waals surface area contributed by atoms with Gasteiger partial charge in [-0.25, -0.2) is 10.4 Å². The third kappa shape index (κ3) is 3.70. The molecular formula is C13H8Cl3N3O. The summed E-state index contributed by atoms with van der Waals surface area (Å²) in [4.78, 5) is 15.6. The van der Waals surface area contributed by atoms with Crippen LogP contribution in [-0.2, 0) is 0 Å². The number of pyridine rings is 1. The molecule has 0 aliphatic rings. The third-order valence-corrected chi connectivity index (χ3v) is 3.20. The number of hydrogen-bond donors (Lipinski definition) is 1. The van der Waals surface area contributed by atoms with Gasteiger partial charge in [0.2, 0.25) is 0 Å². The Bertz CT molecular complexity index is 674. The Balaban J connectivity index is 2.07. The van der Waals surface area contributed by atoms with E-state index in [1.807, 2.05) is 0 Å². The summed E-state index contributed by atoms with van der Waals surface area (Å²) in [6, 6.07) is 8.12. The lowest BCUT2D eigenvalue weighted by molar-refractivity contribution is 0.0955. The first-order valence-electron chi connectivity index (χ1n) is 5.47. The minimum atomic E-state index is -0.454. The van der Waals surface area contributed by atoms with E-state index in [0.717, 1.165) is 0 Å². The zero-order valence-electron chi connectivity index (χ0n) is 9.98. The first-order valence-corrected chi connectivity index (χ1v) is 6.60. The molecule has 0 spiro atoms. The highest BCUT2D eigenvalue weighted by Crippen LogP contribution is 2.19. The molecule has 102 valence electrons. The molecule has 20 heavy (non-hydrogen) atoms. The van der Waals surface area contributed by atoms with Crippen LogP contribution in [0.4, 0.5) is 0 Å². The van der Waals surface area contributed by atoms with Crippen molar-refractivity contribution in [2.24, 2.45) is 5.10 Å². The van der Waals surface area contributed by atoms with Gasteiger partial charge in [-0.2, -0.15) is 5.10 Å². The van der Waals surface area contributed by atoms with Gasteiger partial charge in [0.15, 0.2) is 0 Å². The van der Waals surface area contributed by atoms with Crippen molar-refractivity contribution in [3.8, 4) is 0 Å². The standard InChI is InChI=1S/C13H8Cl3N3O/c14-9-4-3-8(11(15)6-9)7-18-19-13(20)10-2-1-5-17-12(10)16/h1-7H,(H,19,20). The highest BCUT2D eigenvalue weighted by atomic mass is 35.5. The molecule has 0 radical (unpaired) electrons. The fourth-order valence-electron chi connectivity index (χ4n) is 1.38. The van der Waals surface area contributed by atoms with E-state index in [-0.39, 0.29) is 10.7 Å². The number of aromatic nitrogens is 1. The topological polar surface area (TPSA) is 54.4 Å². The van der Waals surface area contributed by atoms with Crippen molar-refractivity contribution in [1.29, 1.82) is 0 Å². The molecule has 0 aliphatic carbocycles. The number of nitrogens with one attached hydrogen (secondary N) is 1. The molecule has 0 unspecified atom stereocenters. The molecule has 1 aromatic carbocycles. The lowest BCUT2D eigenvalue weighted by Crippen LogP contribution is -2.18. The van der Waals surface area contributed by atoms with Crippen LogP contribution < -0.4 is 5.43 Å². The molecule has 7 heteroatoms. The van der Waals surface area contributed by atoms with Crippen LogP contribution in [-0.4, -0.2) is 17.1 Å². The Morgan fingerprint density at radius 2 is 2.05 bits per heavy atom. The Morgan fingerprint density at radius 1 is 1.25 bits per heavy atom. The molecule has 0 aliphatic heterocycles. The maximum absolute atomic E-state index is 11.8. The summed E-state index contributed by atoms with van der Waals surface area (Å²) in [5, 5.41) is 4.89. The Hall–Kier alpha value is -1.62. The second-order valence-electron chi connectivity index (χ2n) is 3.71. The van der Waals surface area contributed by atoms with E-state index in [0.29, 0.717) is 15.6 Å². The van der Waals surface area contributed by atoms with Crippen molar-refractivity contribution in [3.63, 3.8) is 0 Å². The molecule has 4 nitrogen and oxygen atoms in total. The van der Waals surface area contributed by atoms with E-state index in [1.54, 1.807) is 30.3 Å². The van der Waals surface area contributed by atoms with Gasteiger partial charge in [-0.15, -0.1) is 0 Å². The average molecular weight is 329 g/mol. The summed E-state index contributed by atoms with van der Waals surface area (Å²) in [7, 11) is 0. The van der Waals surface area contributed by atoms with Crippen LogP contribution in [0.15, 0.2) is 41.6 Å². The van der Waals surface area contributed by atoms with Crippen LogP contribution in [0.5, 0.6) is 0 Å². The summed E-state index contributed by atoms with van der Waals surface area (Å²) < 4.78 is 0. The van der Waals surface area contributed by atoms with E-state index in [9.17, 15) is 4.79 Å². The van der Waals surface area contributed by atoms with Crippen LogP contribution >= 0.6 is 34.8 Å². The molecule has 1 amide bonds. The summed E-state index contributed by atoms with van der Waals surface area (Å²) in [5.41, 5.74) is 3.22. The van der Waals surface area contributed by atoms with E-state index in [1.165, 1.54) is 12.4 Å². The van der Waals surface area contributed by atoms with Crippen LogP contribution in [0.1, 0.15) is 15.9 Å². The van der Waals surface area contributed by atoms with Crippen LogP contribution in [0.25, 0.3) is 0 Å². The monoisotopic (exact) mass is 327 g/mol. The van der Waals surface area contributed by atoms with Crippen molar-refractivity contribution in [3.05, 3.63) is 62.9 Å². The van der Waals surface area contributed by atoms with Crippen molar-refractivity contribution < 1.29 is 4.79 Å². The Kier molecular flexibility index (Phi) is 4.95. The molecule has 1 heterocycles. The SMILES string of the molecule is O=C(NN=Cc1ccc(Cl)cc1Cl)c1cccnc1Cl. The minimum Gasteiger partial charge on any atom is -0.267 e. The van der Waals surface area contributed by atoms with E-state index >= 15 is 0 Å². The number of carbonyl (C=O) groups is 1. The molecule has 2 rings (SSSR count). The lowest BCUT2D eigenvalue weighted by Gasteiger charge is -2.01. The molecule has 2 aromatic rings. The zero-order chi connectivity index (χ0) is 14.5. The van der Waals surface area contributed by atoms with Gasteiger partial charge >= 0.3 is 0 Å². The third-order valence-electron chi connectivity index (χ3n) is 2.34. The second kappa shape index (κ2) is 6.70. The predicted molar refractivity (Wildman–Crippen MR) is 80.8 cm³/mol. The first kappa shape index (κ1) is 14.8. The summed E-state index contributed by atoms with van der Waals surface area (Å²) >= 11 is 17.5. The average Bonchev–Trinajstić information content (AvgIpc) is 2.41. The van der Waals surface area contributed by atoms with Crippen molar-refractivity contribution >= 4 is 46.9 Å². The molecule has 1 N–H and O–H groups in total. The number of nitrogens with zero attached hydrogens (tertiary/aromatic N) is 2. The van der Waals surface area contributed by atoms with Gasteiger partial charge in [0.25, 0.3) is 5.91 Å². The number of hydrazone groups is 1. The minimum absolute atomic E-state index is 0.115. The lowest BCUT2D eigenvalue weighted by atomic mass is 10.2. The highest BCUT2D eigenvalue weighted by Gasteiger charge is 2.09. The maximum Gasteiger partial charge on any atom is 0.274 e. The smallest absolute Gasteiger partial charge is 0.267 e. The van der Waals surface area contributed by atoms with Gasteiger partial charge in [-0.1, -0.05) is 40.9 Å². The second-order valence-corrected chi connectivity index (χ2v) is 4.91. The van der Waals surface area contributed by atoms with Gasteiger partial charge in [0.05, 0.1) is 16.8 Å². The molecule has 1 aromatic heterocycles. The number of amides is 1. The van der Waals surface area contributed by atoms with Gasteiger partial charge in [0, 0.05) is 16.8 Å². The van der Waals surface area contributed by atoms with Crippen LogP contribution in [0.2, 0.25) is 15.2 Å². The van der Waals surface area contributed by atoms with E-state index in [4.69, 9.17) is 34.8 Å². The van der Waals surface area contributed by atoms with Gasteiger partial charge in [-0.3, -0.25) is 4.79 Å². The highest BCUT2D eigenvalue weighted by molar-refractivity contribution is 6.36. The molecule has 0 fully saturated rings. The Labute approximate surface area is 130 Å². The zero-order valence-corrected chi connectivity index (χ0v) is 12.2. The van der Waals surface area contributed by atoms with E-state index in [2.05, 4.69) is 15.5 Å². The number of hydrogen-bond acceptors (Lipinski definition) is 3. The normalized spacial score (nSPS) is 10.8. The molecule has 0 saturated carbocycles. The number of rotatable bonds is 3. The predicted octanol–water partition coefficient (Wildman–Crippen LogP) is 3.81. The van der Waals surface area contributed by atoms with Gasteiger partial charge < -0.3 is 0 Å². The van der Waals surface area contributed by atoms with Crippen LogP contribution in [0, 0.1) is 0 Å². The largest absolute Gasteiger partial charge is 0.274 e. The summed E-state index contributed by atoms with van der Waals surface area (Å²) in [6.07, 6.45) is 2.91. The van der Waals surface area contributed by atoms with E-state index < -0.39 is 5.91 Å². The summed E-state index contributed by atoms with van der Waals surface area (Å²) in [5.74, 6) is -0.454. The van der Waals surface area contributed by atoms with Crippen LogP contribution in [0.3, 0.4) is 0 Å². The van der Waals surface area contributed by atoms with Gasteiger partial charge in [-0.05, 0) is 24.3 Å². The maximum atomic E-state index is 11.8. The number of benzene rings is 1. The molecule has 0 saturated heterocycles. The number of halogens is 3. The van der Waals surface area contributed by atoms with Crippen molar-refractivity contribution in [2.45, 2.75) is 0 Å².